The zero-order valence-electron chi connectivity index (χ0n) is 14.3. The van der Waals surface area contributed by atoms with E-state index >= 15 is 0 Å². The lowest BCUT2D eigenvalue weighted by molar-refractivity contribution is -0.116. The third-order valence-corrected chi connectivity index (χ3v) is 4.11. The average Bonchev–Trinajstić information content (AvgIpc) is 3.02. The number of hydrogen-bond donors (Lipinski definition) is 1. The molecule has 132 valence electrons. The lowest BCUT2D eigenvalue weighted by Gasteiger charge is -2.18. The van der Waals surface area contributed by atoms with E-state index in [-0.39, 0.29) is 18.5 Å². The fourth-order valence-corrected chi connectivity index (χ4v) is 2.73. The van der Waals surface area contributed by atoms with Crippen molar-refractivity contribution in [1.29, 1.82) is 5.26 Å². The molecule has 0 atom stereocenters. The molecule has 0 unspecified atom stereocenters. The second kappa shape index (κ2) is 7.57. The van der Waals surface area contributed by atoms with Gasteiger partial charge in [0.15, 0.2) is 0 Å². The first kappa shape index (κ1) is 17.3. The molecular weight excluding hydrogens is 332 g/mol. The van der Waals surface area contributed by atoms with E-state index in [4.69, 9.17) is 10.00 Å². The molecule has 26 heavy (non-hydrogen) atoms. The van der Waals surface area contributed by atoms with E-state index in [2.05, 4.69) is 5.32 Å². The van der Waals surface area contributed by atoms with Gasteiger partial charge in [-0.05, 0) is 48.5 Å². The van der Waals surface area contributed by atoms with Gasteiger partial charge in [0.1, 0.15) is 12.3 Å². The van der Waals surface area contributed by atoms with Crippen LogP contribution in [0.4, 0.5) is 16.2 Å². The summed E-state index contributed by atoms with van der Waals surface area (Å²) >= 11 is 0. The summed E-state index contributed by atoms with van der Waals surface area (Å²) in [5.74, 6) is 0.443. The van der Waals surface area contributed by atoms with Crippen LogP contribution in [0.25, 0.3) is 0 Å². The molecule has 0 bridgehead atoms. The Morgan fingerprint density at radius 3 is 2.46 bits per heavy atom. The van der Waals surface area contributed by atoms with Crippen molar-refractivity contribution >= 4 is 23.3 Å². The molecule has 1 aliphatic heterocycles. The van der Waals surface area contributed by atoms with Gasteiger partial charge >= 0.3 is 6.03 Å². The molecule has 0 aliphatic carbocycles. The van der Waals surface area contributed by atoms with Gasteiger partial charge in [0.25, 0.3) is 0 Å². The highest BCUT2D eigenvalue weighted by atomic mass is 16.5. The van der Waals surface area contributed by atoms with Crippen molar-refractivity contribution in [3.63, 3.8) is 0 Å². The molecule has 2 aromatic rings. The van der Waals surface area contributed by atoms with Gasteiger partial charge in [0.05, 0.1) is 18.7 Å². The number of amides is 3. The minimum Gasteiger partial charge on any atom is -0.497 e. The molecule has 1 heterocycles. The summed E-state index contributed by atoms with van der Waals surface area (Å²) in [7, 11) is 1.59. The molecule has 1 N–H and O–H groups in total. The Bertz CT molecular complexity index is 841. The summed E-state index contributed by atoms with van der Waals surface area (Å²) < 4.78 is 5.12. The predicted octanol–water partition coefficient (Wildman–Crippen LogP) is 2.45. The van der Waals surface area contributed by atoms with Gasteiger partial charge in [0.2, 0.25) is 5.91 Å². The standard InChI is InChI=1S/C19H18N4O3/c1-26-17-8-6-16(7-9-17)23-11-10-22(19(23)25)13-18(24)21-15-4-2-14(12-20)3-5-15/h2-9H,10-11,13H2,1H3,(H,21,24). The van der Waals surface area contributed by atoms with Crippen LogP contribution in [0.5, 0.6) is 5.75 Å². The van der Waals surface area contributed by atoms with E-state index in [0.29, 0.717) is 24.3 Å². The topological polar surface area (TPSA) is 85.7 Å². The fraction of sp³-hybridized carbons (Fsp3) is 0.211. The highest BCUT2D eigenvalue weighted by Gasteiger charge is 2.30. The molecule has 7 nitrogen and oxygen atoms in total. The lowest BCUT2D eigenvalue weighted by Crippen LogP contribution is -2.37. The second-order valence-electron chi connectivity index (χ2n) is 5.79. The number of anilines is 2. The summed E-state index contributed by atoms with van der Waals surface area (Å²) in [6.45, 7) is 0.979. The molecular formula is C19H18N4O3. The molecule has 1 aliphatic rings. The molecule has 7 heteroatoms. The van der Waals surface area contributed by atoms with Gasteiger partial charge in [-0.2, -0.15) is 5.26 Å². The molecule has 1 fully saturated rings. The number of benzene rings is 2. The number of hydrogen-bond acceptors (Lipinski definition) is 4. The van der Waals surface area contributed by atoms with Gasteiger partial charge < -0.3 is 15.0 Å². The Labute approximate surface area is 151 Å². The normalized spacial score (nSPS) is 13.5. The molecule has 0 radical (unpaired) electrons. The molecule has 0 spiro atoms. The third-order valence-electron chi connectivity index (χ3n) is 4.11. The van der Waals surface area contributed by atoms with Gasteiger partial charge in [-0.15, -0.1) is 0 Å². The SMILES string of the molecule is COc1ccc(N2CCN(CC(=O)Nc3ccc(C#N)cc3)C2=O)cc1. The highest BCUT2D eigenvalue weighted by Crippen LogP contribution is 2.23. The van der Waals surface area contributed by atoms with Gasteiger partial charge in [-0.1, -0.05) is 0 Å². The Morgan fingerprint density at radius 1 is 1.15 bits per heavy atom. The van der Waals surface area contributed by atoms with Gasteiger partial charge in [-0.25, -0.2) is 4.79 Å². The van der Waals surface area contributed by atoms with Crippen molar-refractivity contribution < 1.29 is 14.3 Å². The molecule has 2 aromatic carbocycles. The largest absolute Gasteiger partial charge is 0.497 e. The Balaban J connectivity index is 1.59. The minimum atomic E-state index is -0.278. The highest BCUT2D eigenvalue weighted by molar-refractivity contribution is 5.99. The predicted molar refractivity (Wildman–Crippen MR) is 97.1 cm³/mol. The zero-order chi connectivity index (χ0) is 18.5. The average molecular weight is 350 g/mol. The Hall–Kier alpha value is -3.53. The minimum absolute atomic E-state index is 0.0223. The number of carbonyl (C=O) groups is 2. The summed E-state index contributed by atoms with van der Waals surface area (Å²) in [4.78, 5) is 27.9. The molecule has 1 saturated heterocycles. The Morgan fingerprint density at radius 2 is 1.85 bits per heavy atom. The van der Waals surface area contributed by atoms with Crippen molar-refractivity contribution in [1.82, 2.24) is 4.90 Å². The summed E-state index contributed by atoms with van der Waals surface area (Å²) in [6.07, 6.45) is 0. The number of ether oxygens (including phenoxy) is 1. The van der Waals surface area contributed by atoms with E-state index in [9.17, 15) is 9.59 Å². The van der Waals surface area contributed by atoms with Gasteiger partial charge in [-0.3, -0.25) is 9.69 Å². The number of nitrogens with zero attached hydrogens (tertiary/aromatic N) is 3. The maximum Gasteiger partial charge on any atom is 0.325 e. The van der Waals surface area contributed by atoms with Crippen LogP contribution in [0.3, 0.4) is 0 Å². The van der Waals surface area contributed by atoms with Crippen LogP contribution in [0.1, 0.15) is 5.56 Å². The van der Waals surface area contributed by atoms with Crippen LogP contribution in [0.2, 0.25) is 0 Å². The van der Waals surface area contributed by atoms with Crippen molar-refractivity contribution in [3.05, 3.63) is 54.1 Å². The first-order valence-corrected chi connectivity index (χ1v) is 8.11. The van der Waals surface area contributed by atoms with Crippen LogP contribution < -0.4 is 15.0 Å². The summed E-state index contributed by atoms with van der Waals surface area (Å²) in [6, 6.07) is 15.6. The van der Waals surface area contributed by atoms with E-state index in [0.717, 1.165) is 11.4 Å². The number of nitriles is 1. The van der Waals surface area contributed by atoms with Crippen LogP contribution in [-0.2, 0) is 4.79 Å². The number of nitrogens with one attached hydrogen (secondary N) is 1. The van der Waals surface area contributed by atoms with Crippen LogP contribution >= 0.6 is 0 Å². The number of carbonyl (C=O) groups excluding carboxylic acids is 2. The van der Waals surface area contributed by atoms with Crippen LogP contribution in [-0.4, -0.2) is 43.6 Å². The molecule has 3 rings (SSSR count). The van der Waals surface area contributed by atoms with Crippen LogP contribution in [0, 0.1) is 11.3 Å². The number of rotatable bonds is 5. The van der Waals surface area contributed by atoms with E-state index in [1.54, 1.807) is 48.4 Å². The number of urea groups is 1. The van der Waals surface area contributed by atoms with Crippen molar-refractivity contribution in [2.75, 3.05) is 37.0 Å². The van der Waals surface area contributed by atoms with Crippen LogP contribution in [0.15, 0.2) is 48.5 Å². The molecule has 0 saturated carbocycles. The number of methoxy groups -OCH3 is 1. The van der Waals surface area contributed by atoms with E-state index in [1.807, 2.05) is 18.2 Å². The fourth-order valence-electron chi connectivity index (χ4n) is 2.73. The molecule has 3 amide bonds. The second-order valence-corrected chi connectivity index (χ2v) is 5.79. The maximum atomic E-state index is 12.5. The van der Waals surface area contributed by atoms with Crippen molar-refractivity contribution in [2.45, 2.75) is 0 Å². The van der Waals surface area contributed by atoms with Crippen molar-refractivity contribution in [2.24, 2.45) is 0 Å². The molecule has 0 aromatic heterocycles. The van der Waals surface area contributed by atoms with Gasteiger partial charge in [0, 0.05) is 24.5 Å². The van der Waals surface area contributed by atoms with E-state index in [1.165, 1.54) is 4.90 Å². The zero-order valence-corrected chi connectivity index (χ0v) is 14.3. The first-order valence-electron chi connectivity index (χ1n) is 8.11. The summed E-state index contributed by atoms with van der Waals surface area (Å²) in [5, 5.41) is 11.5. The quantitative estimate of drug-likeness (QED) is 0.897. The maximum absolute atomic E-state index is 12.5. The lowest BCUT2D eigenvalue weighted by atomic mass is 10.2. The summed E-state index contributed by atoms with van der Waals surface area (Å²) in [5.41, 5.74) is 1.88. The van der Waals surface area contributed by atoms with E-state index < -0.39 is 0 Å². The smallest absolute Gasteiger partial charge is 0.325 e. The van der Waals surface area contributed by atoms with Crippen molar-refractivity contribution in [3.8, 4) is 11.8 Å². The third kappa shape index (κ3) is 3.75. The monoisotopic (exact) mass is 350 g/mol. The first-order chi connectivity index (χ1) is 12.6. The Kier molecular flexibility index (Phi) is 5.04.